The molecule has 33 heavy (non-hydrogen) atoms. The Labute approximate surface area is 191 Å². The third kappa shape index (κ3) is 4.42. The van der Waals surface area contributed by atoms with Gasteiger partial charge in [0.2, 0.25) is 0 Å². The fourth-order valence-corrected chi connectivity index (χ4v) is 3.63. The Morgan fingerprint density at radius 1 is 1.09 bits per heavy atom. The molecule has 0 aliphatic carbocycles. The maximum absolute atomic E-state index is 14.2. The number of nitrogens with one attached hydrogen (secondary N) is 1. The van der Waals surface area contributed by atoms with Crippen molar-refractivity contribution >= 4 is 29.0 Å². The number of nitrogens with zero attached hydrogens (tertiary/aromatic N) is 2. The predicted molar refractivity (Wildman–Crippen MR) is 116 cm³/mol. The lowest BCUT2D eigenvalue weighted by Crippen LogP contribution is -2.29. The second-order valence-corrected chi connectivity index (χ2v) is 7.37. The van der Waals surface area contributed by atoms with Crippen LogP contribution in [0, 0.1) is 23.3 Å². The topological polar surface area (TPSA) is 54.5 Å². The molecule has 1 N–H and O–H groups in total. The summed E-state index contributed by atoms with van der Waals surface area (Å²) in [7, 11) is 0. The number of hydrogen-bond acceptors (Lipinski definition) is 4. The quantitative estimate of drug-likeness (QED) is 0.318. The first-order valence-corrected chi connectivity index (χ1v) is 10.0. The maximum Gasteiger partial charge on any atom is 0.415 e. The van der Waals surface area contributed by atoms with Crippen LogP contribution in [0.5, 0.6) is 0 Å². The molecule has 0 saturated carbocycles. The molecule has 10 heteroatoms. The van der Waals surface area contributed by atoms with Gasteiger partial charge in [-0.05, 0) is 17.7 Å². The number of carbonyl (C=O) groups is 1. The molecular weight excluding hydrogens is 458 g/mol. The molecular formula is C23H15F4N3O2S. The number of halogens is 4. The van der Waals surface area contributed by atoms with Crippen molar-refractivity contribution in [2.45, 2.75) is 6.04 Å². The van der Waals surface area contributed by atoms with Crippen molar-refractivity contribution in [3.63, 3.8) is 0 Å². The van der Waals surface area contributed by atoms with E-state index in [-0.39, 0.29) is 18.4 Å². The fraction of sp³-hybridized carbons (Fsp3) is 0.0870. The van der Waals surface area contributed by atoms with E-state index in [1.165, 1.54) is 23.5 Å². The van der Waals surface area contributed by atoms with E-state index in [2.05, 4.69) is 10.3 Å². The number of amides is 1. The van der Waals surface area contributed by atoms with Crippen molar-refractivity contribution in [2.24, 2.45) is 0 Å². The highest BCUT2D eigenvalue weighted by Gasteiger charge is 2.37. The first kappa shape index (κ1) is 22.4. The fourth-order valence-electron chi connectivity index (χ4n) is 3.39. The van der Waals surface area contributed by atoms with Crippen molar-refractivity contribution in [1.82, 2.24) is 15.2 Å². The molecule has 4 rings (SSSR count). The van der Waals surface area contributed by atoms with Gasteiger partial charge in [-0.25, -0.2) is 22.4 Å². The minimum absolute atomic E-state index is 0.0588. The van der Waals surface area contributed by atoms with Gasteiger partial charge in [0.05, 0.1) is 17.3 Å². The first-order valence-electron chi connectivity index (χ1n) is 9.64. The molecule has 0 spiro atoms. The normalized spacial score (nSPS) is 16.0. The second kappa shape index (κ2) is 9.37. The van der Waals surface area contributed by atoms with E-state index >= 15 is 0 Å². The molecule has 168 valence electrons. The minimum atomic E-state index is -1.63. The van der Waals surface area contributed by atoms with Gasteiger partial charge in [0.25, 0.3) is 0 Å². The van der Waals surface area contributed by atoms with Crippen LogP contribution < -0.4 is 5.32 Å². The number of hydrogen-bond donors (Lipinski definition) is 1. The van der Waals surface area contributed by atoms with E-state index in [1.807, 2.05) is 18.2 Å². The van der Waals surface area contributed by atoms with Gasteiger partial charge in [-0.1, -0.05) is 42.5 Å². The molecule has 0 radical (unpaired) electrons. The Morgan fingerprint density at radius 3 is 2.42 bits per heavy atom. The van der Waals surface area contributed by atoms with E-state index in [4.69, 9.17) is 17.0 Å². The zero-order valence-electron chi connectivity index (χ0n) is 16.8. The minimum Gasteiger partial charge on any atom is -0.447 e. The van der Waals surface area contributed by atoms with E-state index in [0.29, 0.717) is 5.56 Å². The van der Waals surface area contributed by atoms with Gasteiger partial charge < -0.3 is 10.1 Å². The zero-order chi connectivity index (χ0) is 23.5. The van der Waals surface area contributed by atoms with Crippen LogP contribution in [0.1, 0.15) is 22.7 Å². The summed E-state index contributed by atoms with van der Waals surface area (Å²) in [5.74, 6) is -6.44. The van der Waals surface area contributed by atoms with Crippen LogP contribution in [-0.2, 0) is 4.74 Å². The summed E-state index contributed by atoms with van der Waals surface area (Å²) in [4.78, 5) is 17.4. The average Bonchev–Trinajstić information content (AvgIpc) is 3.20. The highest BCUT2D eigenvalue weighted by molar-refractivity contribution is 7.80. The lowest BCUT2D eigenvalue weighted by Gasteiger charge is -2.25. The summed E-state index contributed by atoms with van der Waals surface area (Å²) < 4.78 is 60.8. The molecule has 0 unspecified atom stereocenters. The summed E-state index contributed by atoms with van der Waals surface area (Å²) in [6.45, 7) is 0.0588. The van der Waals surface area contributed by atoms with Gasteiger partial charge >= 0.3 is 6.09 Å². The third-order valence-electron chi connectivity index (χ3n) is 4.95. The van der Waals surface area contributed by atoms with Crippen molar-refractivity contribution in [3.05, 3.63) is 107 Å². The van der Waals surface area contributed by atoms with Gasteiger partial charge in [-0.15, -0.1) is 0 Å². The Bertz CT molecular complexity index is 1210. The summed E-state index contributed by atoms with van der Waals surface area (Å²) in [5.41, 5.74) is 0.399. The SMILES string of the molecule is O=C1OC[C@@H](c2ccccc2)N1C(=CNC(=S)c1c(F)c(F)cc(F)c1F)c1cccnc1. The number of aromatic nitrogens is 1. The van der Waals surface area contributed by atoms with Crippen LogP contribution in [0.2, 0.25) is 0 Å². The first-order chi connectivity index (χ1) is 15.9. The Kier molecular flexibility index (Phi) is 6.36. The lowest BCUT2D eigenvalue weighted by atomic mass is 10.1. The molecule has 3 aromatic rings. The molecule has 0 bridgehead atoms. The van der Waals surface area contributed by atoms with E-state index in [0.717, 1.165) is 5.56 Å². The number of ether oxygens (including phenoxy) is 1. The number of carbonyl (C=O) groups excluding carboxylic acids is 1. The monoisotopic (exact) mass is 473 g/mol. The Balaban J connectivity index is 1.75. The van der Waals surface area contributed by atoms with Crippen molar-refractivity contribution < 1.29 is 27.1 Å². The molecule has 1 aliphatic rings. The van der Waals surface area contributed by atoms with Gasteiger partial charge in [0, 0.05) is 30.2 Å². The summed E-state index contributed by atoms with van der Waals surface area (Å²) in [5, 5.41) is 2.48. The van der Waals surface area contributed by atoms with E-state index in [1.54, 1.807) is 24.3 Å². The van der Waals surface area contributed by atoms with Crippen molar-refractivity contribution in [2.75, 3.05) is 6.61 Å². The third-order valence-corrected chi connectivity index (χ3v) is 5.28. The van der Waals surface area contributed by atoms with Crippen LogP contribution >= 0.6 is 12.2 Å². The van der Waals surface area contributed by atoms with Crippen LogP contribution in [0.15, 0.2) is 67.1 Å². The molecule has 5 nitrogen and oxygen atoms in total. The predicted octanol–water partition coefficient (Wildman–Crippen LogP) is 5.10. The average molecular weight is 473 g/mol. The number of benzene rings is 2. The standard InChI is InChI=1S/C23H15F4N3O2S/c24-15-9-16(25)21(27)19(20(15)26)22(33)29-11-17(14-7-4-8-28-10-14)30-18(12-32-23(30)31)13-5-2-1-3-6-13/h1-11,18H,12H2,(H,29,33)/t18-/m0/s1. The number of thiocarbonyl (C=S) groups is 1. The number of pyridine rings is 1. The summed E-state index contributed by atoms with van der Waals surface area (Å²) in [6.07, 6.45) is 3.54. The zero-order valence-corrected chi connectivity index (χ0v) is 17.6. The molecule has 1 aliphatic heterocycles. The molecule has 1 fully saturated rings. The summed E-state index contributed by atoms with van der Waals surface area (Å²) in [6, 6.07) is 11.9. The Morgan fingerprint density at radius 2 is 1.79 bits per heavy atom. The van der Waals surface area contributed by atoms with Gasteiger partial charge in [0.1, 0.15) is 11.6 Å². The molecule has 2 heterocycles. The molecule has 1 atom stereocenters. The molecule has 2 aromatic carbocycles. The van der Waals surface area contributed by atoms with Gasteiger partial charge in [-0.3, -0.25) is 9.88 Å². The van der Waals surface area contributed by atoms with Crippen LogP contribution in [0.3, 0.4) is 0 Å². The molecule has 1 aromatic heterocycles. The van der Waals surface area contributed by atoms with Crippen LogP contribution in [0.25, 0.3) is 5.70 Å². The summed E-state index contributed by atoms with van der Waals surface area (Å²) >= 11 is 4.99. The number of rotatable bonds is 5. The van der Waals surface area contributed by atoms with Crippen molar-refractivity contribution in [3.8, 4) is 0 Å². The van der Waals surface area contributed by atoms with E-state index < -0.39 is 46.0 Å². The van der Waals surface area contributed by atoms with E-state index in [9.17, 15) is 22.4 Å². The molecule has 1 saturated heterocycles. The van der Waals surface area contributed by atoms with Gasteiger partial charge in [0.15, 0.2) is 23.3 Å². The van der Waals surface area contributed by atoms with Crippen LogP contribution in [0.4, 0.5) is 22.4 Å². The lowest BCUT2D eigenvalue weighted by molar-refractivity contribution is 0.167. The highest BCUT2D eigenvalue weighted by Crippen LogP contribution is 2.35. The highest BCUT2D eigenvalue weighted by atomic mass is 32.1. The smallest absolute Gasteiger partial charge is 0.415 e. The van der Waals surface area contributed by atoms with Crippen LogP contribution in [-0.4, -0.2) is 27.6 Å². The maximum atomic E-state index is 14.2. The van der Waals surface area contributed by atoms with Crippen molar-refractivity contribution in [1.29, 1.82) is 0 Å². The largest absolute Gasteiger partial charge is 0.447 e. The van der Waals surface area contributed by atoms with Gasteiger partial charge in [-0.2, -0.15) is 0 Å². The second-order valence-electron chi connectivity index (χ2n) is 6.96. The number of cyclic esters (lactones) is 1. The Hall–Kier alpha value is -3.79. The molecule has 1 amide bonds.